The predicted octanol–water partition coefficient (Wildman–Crippen LogP) is 7.82. The van der Waals surface area contributed by atoms with Crippen molar-refractivity contribution in [3.63, 3.8) is 0 Å². The zero-order valence-electron chi connectivity index (χ0n) is 15.2. The molecule has 0 aliphatic carbocycles. The molecule has 0 saturated carbocycles. The molecule has 0 aromatic heterocycles. The van der Waals surface area contributed by atoms with Crippen molar-refractivity contribution in [2.75, 3.05) is 12.4 Å². The molecule has 0 bridgehead atoms. The van der Waals surface area contributed by atoms with Crippen LogP contribution in [0.5, 0.6) is 5.75 Å². The summed E-state index contributed by atoms with van der Waals surface area (Å²) < 4.78 is 134. The summed E-state index contributed by atoms with van der Waals surface area (Å²) >= 11 is 5.92. The lowest BCUT2D eigenvalue weighted by Gasteiger charge is -2.20. The van der Waals surface area contributed by atoms with Crippen molar-refractivity contribution >= 4 is 23.4 Å². The Kier molecular flexibility index (Phi) is 7.36. The van der Waals surface area contributed by atoms with Crippen molar-refractivity contribution in [2.24, 2.45) is 0 Å². The van der Waals surface area contributed by atoms with Gasteiger partial charge in [-0.1, -0.05) is 11.6 Å². The van der Waals surface area contributed by atoms with Gasteiger partial charge in [-0.3, -0.25) is 0 Å². The van der Waals surface area contributed by atoms with Crippen LogP contribution in [-0.2, 0) is 0 Å². The zero-order valence-corrected chi connectivity index (χ0v) is 16.8. The van der Waals surface area contributed by atoms with E-state index in [0.717, 1.165) is 12.1 Å². The summed E-state index contributed by atoms with van der Waals surface area (Å²) in [5.74, 6) is -9.63. The van der Waals surface area contributed by atoms with Gasteiger partial charge < -0.3 is 4.74 Å². The van der Waals surface area contributed by atoms with E-state index in [-0.39, 0.29) is 10.5 Å². The highest BCUT2D eigenvalue weighted by molar-refractivity contribution is 7.99. The monoisotopic (exact) mass is 500 g/mol. The lowest BCUT2D eigenvalue weighted by atomic mass is 10.0. The highest BCUT2D eigenvalue weighted by atomic mass is 35.5. The molecule has 31 heavy (non-hydrogen) atoms. The third-order valence-electron chi connectivity index (χ3n) is 3.79. The molecule has 0 aliphatic rings. The van der Waals surface area contributed by atoms with E-state index in [0.29, 0.717) is 23.9 Å². The molecule has 0 N–H and O–H groups in total. The summed E-state index contributed by atoms with van der Waals surface area (Å²) in [6.45, 7) is -0.859. The van der Waals surface area contributed by atoms with Gasteiger partial charge in [-0.2, -0.15) is 35.1 Å². The fourth-order valence-corrected chi connectivity index (χ4v) is 3.28. The largest absolute Gasteiger partial charge is 0.485 e. The van der Waals surface area contributed by atoms with Crippen molar-refractivity contribution in [2.45, 2.75) is 30.1 Å². The smallest absolute Gasteiger partial charge is 0.456 e. The SMILES string of the molecule is Cc1cc(F)c(-c2cc(OCC(F)(F)C(F)(F)F)c(Cl)cc2F)cc1SCC(F)(F)F. The van der Waals surface area contributed by atoms with Gasteiger partial charge in [0.25, 0.3) is 0 Å². The molecule has 172 valence electrons. The van der Waals surface area contributed by atoms with E-state index in [2.05, 4.69) is 4.74 Å². The standard InChI is InChI=1S/C18H11ClF10OS/c1-8-2-12(20)10(4-15(8)31-7-17(24,25)26)9-3-14(11(19)5-13(9)21)30-6-16(22,23)18(27,28)29/h2-5H,6-7H2,1H3. The Hall–Kier alpha value is -1.82. The van der Waals surface area contributed by atoms with Gasteiger partial charge in [0.15, 0.2) is 6.61 Å². The van der Waals surface area contributed by atoms with Gasteiger partial charge >= 0.3 is 18.3 Å². The van der Waals surface area contributed by atoms with Gasteiger partial charge in [-0.25, -0.2) is 8.78 Å². The Balaban J connectivity index is 2.43. The van der Waals surface area contributed by atoms with E-state index < -0.39 is 64.2 Å². The van der Waals surface area contributed by atoms with E-state index in [9.17, 15) is 43.9 Å². The number of benzene rings is 2. The Morgan fingerprint density at radius 3 is 1.97 bits per heavy atom. The normalized spacial score (nSPS) is 12.9. The Labute approximate surface area is 178 Å². The fourth-order valence-electron chi connectivity index (χ4n) is 2.27. The second kappa shape index (κ2) is 8.97. The molecule has 0 amide bonds. The number of aryl methyl sites for hydroxylation is 1. The first-order chi connectivity index (χ1) is 14.0. The summed E-state index contributed by atoms with van der Waals surface area (Å²) in [4.78, 5) is -0.0471. The number of halogens is 11. The summed E-state index contributed by atoms with van der Waals surface area (Å²) in [6, 6.07) is 2.83. The van der Waals surface area contributed by atoms with Gasteiger partial charge in [-0.15, -0.1) is 11.8 Å². The predicted molar refractivity (Wildman–Crippen MR) is 94.8 cm³/mol. The molecule has 2 rings (SSSR count). The van der Waals surface area contributed by atoms with Crippen LogP contribution in [-0.4, -0.2) is 30.6 Å². The highest BCUT2D eigenvalue weighted by Gasteiger charge is 2.58. The minimum absolute atomic E-state index is 0.0471. The lowest BCUT2D eigenvalue weighted by molar-refractivity contribution is -0.290. The lowest BCUT2D eigenvalue weighted by Crippen LogP contribution is -2.41. The topological polar surface area (TPSA) is 9.23 Å². The van der Waals surface area contributed by atoms with E-state index in [1.807, 2.05) is 0 Å². The van der Waals surface area contributed by atoms with E-state index in [1.54, 1.807) is 0 Å². The van der Waals surface area contributed by atoms with Gasteiger partial charge in [0.05, 0.1) is 10.8 Å². The molecular formula is C18H11ClF10OS. The van der Waals surface area contributed by atoms with Crippen LogP contribution in [0.4, 0.5) is 43.9 Å². The molecule has 0 atom stereocenters. The van der Waals surface area contributed by atoms with Gasteiger partial charge in [0, 0.05) is 16.0 Å². The molecule has 0 spiro atoms. The molecule has 13 heteroatoms. The number of ether oxygens (including phenoxy) is 1. The third-order valence-corrected chi connectivity index (χ3v) is 5.31. The minimum Gasteiger partial charge on any atom is -0.485 e. The van der Waals surface area contributed by atoms with E-state index >= 15 is 0 Å². The van der Waals surface area contributed by atoms with E-state index in [1.165, 1.54) is 6.92 Å². The van der Waals surface area contributed by atoms with Crippen LogP contribution < -0.4 is 4.74 Å². The first kappa shape index (κ1) is 25.4. The second-order valence-corrected chi connectivity index (χ2v) is 7.68. The third kappa shape index (κ3) is 6.34. The fraction of sp³-hybridized carbons (Fsp3) is 0.333. The molecule has 0 radical (unpaired) electrons. The average Bonchev–Trinajstić information content (AvgIpc) is 2.59. The van der Waals surface area contributed by atoms with Crippen LogP contribution in [0, 0.1) is 18.6 Å². The molecule has 1 nitrogen and oxygen atoms in total. The first-order valence-electron chi connectivity index (χ1n) is 8.08. The average molecular weight is 501 g/mol. The maximum Gasteiger partial charge on any atom is 0.456 e. The number of thioether (sulfide) groups is 1. The van der Waals surface area contributed by atoms with E-state index in [4.69, 9.17) is 11.6 Å². The summed E-state index contributed by atoms with van der Waals surface area (Å²) in [5.41, 5.74) is -1.09. The molecule has 0 saturated heterocycles. The van der Waals surface area contributed by atoms with Crippen molar-refractivity contribution in [1.82, 2.24) is 0 Å². The molecule has 0 heterocycles. The Morgan fingerprint density at radius 2 is 1.42 bits per heavy atom. The van der Waals surface area contributed by atoms with Crippen LogP contribution in [0.1, 0.15) is 5.56 Å². The quantitative estimate of drug-likeness (QED) is 0.295. The Bertz CT molecular complexity index is 956. The van der Waals surface area contributed by atoms with Crippen LogP contribution in [0.15, 0.2) is 29.2 Å². The molecule has 2 aromatic carbocycles. The number of rotatable bonds is 6. The maximum atomic E-state index is 14.4. The van der Waals surface area contributed by atoms with Gasteiger partial charge in [0.2, 0.25) is 0 Å². The molecule has 0 unspecified atom stereocenters. The molecule has 0 aliphatic heterocycles. The van der Waals surface area contributed by atoms with Crippen LogP contribution in [0.25, 0.3) is 11.1 Å². The first-order valence-corrected chi connectivity index (χ1v) is 9.44. The number of hydrogen-bond acceptors (Lipinski definition) is 2. The van der Waals surface area contributed by atoms with Crippen LogP contribution >= 0.6 is 23.4 Å². The van der Waals surface area contributed by atoms with Crippen molar-refractivity contribution < 1.29 is 48.6 Å². The minimum atomic E-state index is -5.92. The van der Waals surface area contributed by atoms with Crippen molar-refractivity contribution in [1.29, 1.82) is 0 Å². The van der Waals surface area contributed by atoms with Gasteiger partial charge in [-0.05, 0) is 36.8 Å². The van der Waals surface area contributed by atoms with Crippen LogP contribution in [0.2, 0.25) is 5.02 Å². The van der Waals surface area contributed by atoms with Crippen molar-refractivity contribution in [3.05, 3.63) is 46.5 Å². The molecule has 2 aromatic rings. The summed E-state index contributed by atoms with van der Waals surface area (Å²) in [6.07, 6.45) is -10.5. The summed E-state index contributed by atoms with van der Waals surface area (Å²) in [7, 11) is 0. The summed E-state index contributed by atoms with van der Waals surface area (Å²) in [5, 5.41) is -0.668. The van der Waals surface area contributed by atoms with Crippen molar-refractivity contribution in [3.8, 4) is 16.9 Å². The molecular weight excluding hydrogens is 490 g/mol. The zero-order chi connectivity index (χ0) is 23.8. The number of hydrogen-bond donors (Lipinski definition) is 0. The maximum absolute atomic E-state index is 14.4. The number of alkyl halides is 8. The van der Waals surface area contributed by atoms with Gasteiger partial charge in [0.1, 0.15) is 17.4 Å². The molecule has 0 fully saturated rings. The van der Waals surface area contributed by atoms with Crippen LogP contribution in [0.3, 0.4) is 0 Å². The Morgan fingerprint density at radius 1 is 0.871 bits per heavy atom. The second-order valence-electron chi connectivity index (χ2n) is 6.25. The highest BCUT2D eigenvalue weighted by Crippen LogP contribution is 2.40.